The number of halogens is 2. The Morgan fingerprint density at radius 1 is 1.27 bits per heavy atom. The molecule has 22 heavy (non-hydrogen) atoms. The SMILES string of the molecule is O=C1CC(C(=O)Nc2cc(Cl)ccc2F)c2ccccc2N1. The maximum atomic E-state index is 13.7. The molecule has 2 amide bonds. The predicted octanol–water partition coefficient (Wildman–Crippen LogP) is 3.54. The van der Waals surface area contributed by atoms with Crippen molar-refractivity contribution in [2.24, 2.45) is 0 Å². The van der Waals surface area contributed by atoms with Gasteiger partial charge in [0.25, 0.3) is 0 Å². The van der Waals surface area contributed by atoms with Crippen LogP contribution in [-0.2, 0) is 9.59 Å². The highest BCUT2D eigenvalue weighted by molar-refractivity contribution is 6.30. The number of anilines is 2. The molecule has 4 nitrogen and oxygen atoms in total. The van der Waals surface area contributed by atoms with Crippen LogP contribution in [0, 0.1) is 5.82 Å². The smallest absolute Gasteiger partial charge is 0.232 e. The van der Waals surface area contributed by atoms with E-state index in [0.717, 1.165) is 0 Å². The molecule has 112 valence electrons. The van der Waals surface area contributed by atoms with Crippen LogP contribution in [0.3, 0.4) is 0 Å². The number of hydrogen-bond acceptors (Lipinski definition) is 2. The van der Waals surface area contributed by atoms with Crippen molar-refractivity contribution in [3.05, 3.63) is 58.9 Å². The van der Waals surface area contributed by atoms with Gasteiger partial charge in [-0.3, -0.25) is 9.59 Å². The van der Waals surface area contributed by atoms with Crippen LogP contribution >= 0.6 is 11.6 Å². The lowest BCUT2D eigenvalue weighted by Gasteiger charge is -2.24. The van der Waals surface area contributed by atoms with Gasteiger partial charge in [-0.05, 0) is 29.8 Å². The second-order valence-corrected chi connectivity index (χ2v) is 5.44. The molecule has 0 aromatic heterocycles. The van der Waals surface area contributed by atoms with Crippen molar-refractivity contribution < 1.29 is 14.0 Å². The van der Waals surface area contributed by atoms with Gasteiger partial charge in [0, 0.05) is 17.1 Å². The summed E-state index contributed by atoms with van der Waals surface area (Å²) in [7, 11) is 0. The molecule has 0 aliphatic carbocycles. The van der Waals surface area contributed by atoms with E-state index in [9.17, 15) is 14.0 Å². The monoisotopic (exact) mass is 318 g/mol. The van der Waals surface area contributed by atoms with Gasteiger partial charge in [0.1, 0.15) is 5.82 Å². The predicted molar refractivity (Wildman–Crippen MR) is 82.5 cm³/mol. The van der Waals surface area contributed by atoms with Crippen molar-refractivity contribution in [2.45, 2.75) is 12.3 Å². The molecular formula is C16H12ClFN2O2. The fraction of sp³-hybridized carbons (Fsp3) is 0.125. The molecule has 1 heterocycles. The molecule has 0 bridgehead atoms. The molecule has 0 spiro atoms. The summed E-state index contributed by atoms with van der Waals surface area (Å²) in [5.74, 6) is -1.93. The van der Waals surface area contributed by atoms with E-state index in [4.69, 9.17) is 11.6 Å². The summed E-state index contributed by atoms with van der Waals surface area (Å²) in [4.78, 5) is 24.2. The first kappa shape index (κ1) is 14.5. The highest BCUT2D eigenvalue weighted by Gasteiger charge is 2.30. The lowest BCUT2D eigenvalue weighted by Crippen LogP contribution is -2.30. The first-order valence-corrected chi connectivity index (χ1v) is 7.07. The summed E-state index contributed by atoms with van der Waals surface area (Å²) < 4.78 is 13.7. The Morgan fingerprint density at radius 2 is 2.05 bits per heavy atom. The first-order valence-electron chi connectivity index (χ1n) is 6.69. The van der Waals surface area contributed by atoms with Crippen LogP contribution in [0.2, 0.25) is 5.02 Å². The zero-order chi connectivity index (χ0) is 15.7. The summed E-state index contributed by atoms with van der Waals surface area (Å²) in [6, 6.07) is 11.0. The second kappa shape index (κ2) is 5.77. The Balaban J connectivity index is 1.89. The van der Waals surface area contributed by atoms with Gasteiger partial charge in [-0.15, -0.1) is 0 Å². The minimum atomic E-state index is -0.664. The maximum absolute atomic E-state index is 13.7. The Kier molecular flexibility index (Phi) is 3.81. The zero-order valence-corrected chi connectivity index (χ0v) is 12.2. The van der Waals surface area contributed by atoms with Crippen LogP contribution < -0.4 is 10.6 Å². The van der Waals surface area contributed by atoms with Gasteiger partial charge in [-0.1, -0.05) is 29.8 Å². The number of carbonyl (C=O) groups is 2. The number of nitrogens with one attached hydrogen (secondary N) is 2. The fourth-order valence-corrected chi connectivity index (χ4v) is 2.63. The number of fused-ring (bicyclic) bond motifs is 1. The molecule has 6 heteroatoms. The van der Waals surface area contributed by atoms with E-state index in [1.54, 1.807) is 24.3 Å². The van der Waals surface area contributed by atoms with Crippen LogP contribution in [-0.4, -0.2) is 11.8 Å². The third-order valence-electron chi connectivity index (χ3n) is 3.50. The van der Waals surface area contributed by atoms with Crippen molar-refractivity contribution in [3.63, 3.8) is 0 Å². The number of para-hydroxylation sites is 1. The molecule has 0 radical (unpaired) electrons. The molecular weight excluding hydrogens is 307 g/mol. The Hall–Kier alpha value is -2.40. The highest BCUT2D eigenvalue weighted by Crippen LogP contribution is 2.33. The Morgan fingerprint density at radius 3 is 2.86 bits per heavy atom. The standard InChI is InChI=1S/C16H12ClFN2O2/c17-9-5-6-12(18)14(7-9)20-16(22)11-8-15(21)19-13-4-2-1-3-10(11)13/h1-7,11H,8H2,(H,19,21)(H,20,22). The molecule has 1 aliphatic heterocycles. The number of amides is 2. The molecule has 1 atom stereocenters. The molecule has 0 saturated carbocycles. The van der Waals surface area contributed by atoms with Crippen molar-refractivity contribution in [2.75, 3.05) is 10.6 Å². The topological polar surface area (TPSA) is 58.2 Å². The van der Waals surface area contributed by atoms with E-state index in [1.807, 2.05) is 0 Å². The first-order chi connectivity index (χ1) is 10.5. The minimum absolute atomic E-state index is 0.000891. The summed E-state index contributed by atoms with van der Waals surface area (Å²) in [6.07, 6.45) is 0.0189. The fourth-order valence-electron chi connectivity index (χ4n) is 2.46. The van der Waals surface area contributed by atoms with E-state index in [0.29, 0.717) is 16.3 Å². The lowest BCUT2D eigenvalue weighted by molar-refractivity contribution is -0.123. The molecule has 2 aromatic rings. The van der Waals surface area contributed by atoms with Crippen molar-refractivity contribution >= 4 is 34.8 Å². The van der Waals surface area contributed by atoms with Crippen LogP contribution in [0.5, 0.6) is 0 Å². The van der Waals surface area contributed by atoms with Gasteiger partial charge in [0.2, 0.25) is 11.8 Å². The minimum Gasteiger partial charge on any atom is -0.326 e. The summed E-state index contributed by atoms with van der Waals surface area (Å²) in [5.41, 5.74) is 1.31. The van der Waals surface area contributed by atoms with Crippen LogP contribution in [0.1, 0.15) is 17.9 Å². The molecule has 3 rings (SSSR count). The second-order valence-electron chi connectivity index (χ2n) is 5.01. The summed E-state index contributed by atoms with van der Waals surface area (Å²) in [5, 5.41) is 5.54. The van der Waals surface area contributed by atoms with Gasteiger partial charge >= 0.3 is 0 Å². The van der Waals surface area contributed by atoms with E-state index < -0.39 is 17.6 Å². The highest BCUT2D eigenvalue weighted by atomic mass is 35.5. The summed E-state index contributed by atoms with van der Waals surface area (Å²) in [6.45, 7) is 0. The molecule has 1 aliphatic rings. The van der Waals surface area contributed by atoms with E-state index in [1.165, 1.54) is 18.2 Å². The molecule has 0 fully saturated rings. The van der Waals surface area contributed by atoms with Gasteiger partial charge in [-0.2, -0.15) is 0 Å². The lowest BCUT2D eigenvalue weighted by atomic mass is 9.90. The Labute approximate surface area is 131 Å². The number of rotatable bonds is 2. The number of carbonyl (C=O) groups excluding carboxylic acids is 2. The molecule has 2 N–H and O–H groups in total. The molecule has 2 aromatic carbocycles. The van der Waals surface area contributed by atoms with Crippen LogP contribution in [0.25, 0.3) is 0 Å². The third-order valence-corrected chi connectivity index (χ3v) is 3.74. The van der Waals surface area contributed by atoms with Crippen LogP contribution in [0.4, 0.5) is 15.8 Å². The number of benzene rings is 2. The van der Waals surface area contributed by atoms with E-state index in [2.05, 4.69) is 10.6 Å². The van der Waals surface area contributed by atoms with Crippen LogP contribution in [0.15, 0.2) is 42.5 Å². The normalized spacial score (nSPS) is 16.6. The van der Waals surface area contributed by atoms with Gasteiger partial charge < -0.3 is 10.6 Å². The largest absolute Gasteiger partial charge is 0.326 e. The number of hydrogen-bond donors (Lipinski definition) is 2. The maximum Gasteiger partial charge on any atom is 0.232 e. The average molecular weight is 319 g/mol. The third kappa shape index (κ3) is 2.80. The Bertz CT molecular complexity index is 764. The zero-order valence-electron chi connectivity index (χ0n) is 11.4. The van der Waals surface area contributed by atoms with Crippen molar-refractivity contribution in [1.29, 1.82) is 0 Å². The molecule has 1 unspecified atom stereocenters. The van der Waals surface area contributed by atoms with E-state index in [-0.39, 0.29) is 18.0 Å². The summed E-state index contributed by atoms with van der Waals surface area (Å²) >= 11 is 5.81. The average Bonchev–Trinajstić information content (AvgIpc) is 2.50. The van der Waals surface area contributed by atoms with Gasteiger partial charge in [0.15, 0.2) is 0 Å². The van der Waals surface area contributed by atoms with Gasteiger partial charge in [-0.25, -0.2) is 4.39 Å². The van der Waals surface area contributed by atoms with Crippen molar-refractivity contribution in [3.8, 4) is 0 Å². The molecule has 0 saturated heterocycles. The van der Waals surface area contributed by atoms with Gasteiger partial charge in [0.05, 0.1) is 11.6 Å². The quantitative estimate of drug-likeness (QED) is 0.889. The van der Waals surface area contributed by atoms with Crippen molar-refractivity contribution in [1.82, 2.24) is 0 Å². The van der Waals surface area contributed by atoms with E-state index >= 15 is 0 Å².